The van der Waals surface area contributed by atoms with Crippen LogP contribution < -0.4 is 0 Å². The highest BCUT2D eigenvalue weighted by atomic mass is 16.2. The largest absolute Gasteiger partial charge is 0.357 e. The summed E-state index contributed by atoms with van der Waals surface area (Å²) >= 11 is 0. The van der Waals surface area contributed by atoms with Crippen LogP contribution in [0, 0.1) is 0 Å². The molecule has 1 aromatic rings. The molecule has 0 aromatic carbocycles. The second-order valence-corrected chi connectivity index (χ2v) is 7.42. The standard InChI is InChI=1S/C18H29N5O2/c1-20(2)11-13-23-14-12-21(3)18(17(23)25)6-9-22(10-7-18)16(24)15-5-4-8-19-15/h4-5,8,19H,6-7,9-14H2,1-3H3. The summed E-state index contributed by atoms with van der Waals surface area (Å²) in [7, 11) is 6.10. The molecule has 0 atom stereocenters. The molecule has 2 aliphatic heterocycles. The normalized spacial score (nSPS) is 21.4. The fourth-order valence-electron chi connectivity index (χ4n) is 3.89. The van der Waals surface area contributed by atoms with Gasteiger partial charge in [0.15, 0.2) is 0 Å². The number of hydrogen-bond donors (Lipinski definition) is 1. The summed E-state index contributed by atoms with van der Waals surface area (Å²) < 4.78 is 0. The van der Waals surface area contributed by atoms with E-state index in [1.54, 1.807) is 12.3 Å². The van der Waals surface area contributed by atoms with Crippen LogP contribution in [0.25, 0.3) is 0 Å². The fraction of sp³-hybridized carbons (Fsp3) is 0.667. The van der Waals surface area contributed by atoms with E-state index in [9.17, 15) is 9.59 Å². The molecule has 7 heteroatoms. The molecule has 0 radical (unpaired) electrons. The van der Waals surface area contributed by atoms with Crippen LogP contribution in [-0.2, 0) is 4.79 Å². The number of H-pyrrole nitrogens is 1. The Morgan fingerprint density at radius 1 is 1.24 bits per heavy atom. The third-order valence-electron chi connectivity index (χ3n) is 5.64. The maximum Gasteiger partial charge on any atom is 0.270 e. The first-order valence-corrected chi connectivity index (χ1v) is 9.02. The summed E-state index contributed by atoms with van der Waals surface area (Å²) in [6.07, 6.45) is 3.17. The summed E-state index contributed by atoms with van der Waals surface area (Å²) in [4.78, 5) is 36.9. The summed E-state index contributed by atoms with van der Waals surface area (Å²) in [6.45, 7) is 4.57. The van der Waals surface area contributed by atoms with Gasteiger partial charge in [0, 0.05) is 45.5 Å². The Hall–Kier alpha value is -1.86. The molecule has 7 nitrogen and oxygen atoms in total. The molecule has 2 fully saturated rings. The van der Waals surface area contributed by atoms with E-state index in [0.717, 1.165) is 26.2 Å². The van der Waals surface area contributed by atoms with Gasteiger partial charge in [0.05, 0.1) is 0 Å². The van der Waals surface area contributed by atoms with Gasteiger partial charge in [0.1, 0.15) is 11.2 Å². The lowest BCUT2D eigenvalue weighted by atomic mass is 9.82. The SMILES string of the molecule is CN(C)CCN1CCN(C)C2(CCN(C(=O)c3ccc[nH]3)CC2)C1=O. The fourth-order valence-corrected chi connectivity index (χ4v) is 3.89. The van der Waals surface area contributed by atoms with Gasteiger partial charge in [-0.05, 0) is 46.1 Å². The first-order chi connectivity index (χ1) is 11.9. The number of aromatic nitrogens is 1. The van der Waals surface area contributed by atoms with Crippen LogP contribution in [0.3, 0.4) is 0 Å². The molecule has 0 saturated carbocycles. The number of hydrogen-bond acceptors (Lipinski definition) is 4. The van der Waals surface area contributed by atoms with Crippen molar-refractivity contribution in [3.05, 3.63) is 24.0 Å². The summed E-state index contributed by atoms with van der Waals surface area (Å²) in [5.41, 5.74) is 0.170. The van der Waals surface area contributed by atoms with E-state index in [0.29, 0.717) is 31.6 Å². The van der Waals surface area contributed by atoms with Gasteiger partial charge >= 0.3 is 0 Å². The first kappa shape index (κ1) is 17.9. The van der Waals surface area contributed by atoms with Crippen molar-refractivity contribution in [3.8, 4) is 0 Å². The van der Waals surface area contributed by atoms with Crippen LogP contribution in [0.5, 0.6) is 0 Å². The molecule has 3 rings (SSSR count). The topological polar surface area (TPSA) is 62.9 Å². The van der Waals surface area contributed by atoms with Gasteiger partial charge in [-0.15, -0.1) is 0 Å². The van der Waals surface area contributed by atoms with Gasteiger partial charge in [0.2, 0.25) is 5.91 Å². The molecule has 0 unspecified atom stereocenters. The molecule has 25 heavy (non-hydrogen) atoms. The van der Waals surface area contributed by atoms with E-state index >= 15 is 0 Å². The number of likely N-dealkylation sites (N-methyl/N-ethyl adjacent to an activating group) is 2. The van der Waals surface area contributed by atoms with Crippen LogP contribution in [0.2, 0.25) is 0 Å². The number of piperidine rings is 1. The molecule has 1 aromatic heterocycles. The van der Waals surface area contributed by atoms with Crippen LogP contribution >= 0.6 is 0 Å². The van der Waals surface area contributed by atoms with Gasteiger partial charge in [0.25, 0.3) is 5.91 Å². The second kappa shape index (κ2) is 7.17. The zero-order valence-corrected chi connectivity index (χ0v) is 15.5. The monoisotopic (exact) mass is 347 g/mol. The Balaban J connectivity index is 1.67. The third-order valence-corrected chi connectivity index (χ3v) is 5.64. The van der Waals surface area contributed by atoms with Gasteiger partial charge in [-0.2, -0.15) is 0 Å². The summed E-state index contributed by atoms with van der Waals surface area (Å²) in [5, 5.41) is 0. The van der Waals surface area contributed by atoms with E-state index in [1.165, 1.54) is 0 Å². The lowest BCUT2D eigenvalue weighted by Crippen LogP contribution is -2.68. The molecule has 3 heterocycles. The van der Waals surface area contributed by atoms with E-state index in [2.05, 4.69) is 14.8 Å². The van der Waals surface area contributed by atoms with Crippen molar-refractivity contribution in [3.63, 3.8) is 0 Å². The lowest BCUT2D eigenvalue weighted by molar-refractivity contribution is -0.153. The number of nitrogens with one attached hydrogen (secondary N) is 1. The predicted octanol–water partition coefficient (Wildman–Crippen LogP) is 0.325. The number of likely N-dealkylation sites (tertiary alicyclic amines) is 1. The molecule has 2 amide bonds. The number of amides is 2. The van der Waals surface area contributed by atoms with Crippen molar-refractivity contribution in [2.75, 3.05) is 60.4 Å². The highest BCUT2D eigenvalue weighted by Crippen LogP contribution is 2.33. The molecule has 138 valence electrons. The maximum atomic E-state index is 13.2. The quantitative estimate of drug-likeness (QED) is 0.852. The molecule has 2 aliphatic rings. The predicted molar refractivity (Wildman–Crippen MR) is 96.4 cm³/mol. The second-order valence-electron chi connectivity index (χ2n) is 7.42. The Labute approximate surface area is 149 Å². The van der Waals surface area contributed by atoms with Crippen molar-refractivity contribution in [2.24, 2.45) is 0 Å². The van der Waals surface area contributed by atoms with Crippen molar-refractivity contribution >= 4 is 11.8 Å². The smallest absolute Gasteiger partial charge is 0.270 e. The minimum Gasteiger partial charge on any atom is -0.357 e. The Morgan fingerprint density at radius 3 is 2.56 bits per heavy atom. The van der Waals surface area contributed by atoms with Crippen LogP contribution in [0.15, 0.2) is 18.3 Å². The highest BCUT2D eigenvalue weighted by Gasteiger charge is 2.49. The average Bonchev–Trinajstić information content (AvgIpc) is 3.14. The van der Waals surface area contributed by atoms with Crippen molar-refractivity contribution in [1.82, 2.24) is 24.6 Å². The van der Waals surface area contributed by atoms with Gasteiger partial charge in [-0.3, -0.25) is 14.5 Å². The van der Waals surface area contributed by atoms with E-state index in [4.69, 9.17) is 0 Å². The number of nitrogens with zero attached hydrogens (tertiary/aromatic N) is 4. The average molecular weight is 347 g/mol. The summed E-state index contributed by atoms with van der Waals surface area (Å²) in [5.74, 6) is 0.255. The molecular formula is C18H29N5O2. The highest BCUT2D eigenvalue weighted by molar-refractivity contribution is 5.93. The molecular weight excluding hydrogens is 318 g/mol. The van der Waals surface area contributed by atoms with E-state index < -0.39 is 5.54 Å². The van der Waals surface area contributed by atoms with Crippen LogP contribution in [0.4, 0.5) is 0 Å². The Morgan fingerprint density at radius 2 is 1.96 bits per heavy atom. The maximum absolute atomic E-state index is 13.2. The number of aromatic amines is 1. The number of rotatable bonds is 4. The van der Waals surface area contributed by atoms with Crippen molar-refractivity contribution in [1.29, 1.82) is 0 Å². The van der Waals surface area contributed by atoms with Crippen LogP contribution in [0.1, 0.15) is 23.3 Å². The minimum absolute atomic E-state index is 0.0234. The van der Waals surface area contributed by atoms with E-state index in [-0.39, 0.29) is 11.8 Å². The Kier molecular flexibility index (Phi) is 5.15. The molecule has 1 N–H and O–H groups in total. The van der Waals surface area contributed by atoms with Crippen LogP contribution in [-0.4, -0.2) is 102 Å². The number of carbonyl (C=O) groups is 2. The van der Waals surface area contributed by atoms with Gasteiger partial charge < -0.3 is 19.7 Å². The van der Waals surface area contributed by atoms with Gasteiger partial charge in [-0.1, -0.05) is 0 Å². The third kappa shape index (κ3) is 3.43. The number of carbonyl (C=O) groups excluding carboxylic acids is 2. The lowest BCUT2D eigenvalue weighted by Gasteiger charge is -2.51. The van der Waals surface area contributed by atoms with E-state index in [1.807, 2.05) is 37.0 Å². The first-order valence-electron chi connectivity index (χ1n) is 9.02. The molecule has 0 bridgehead atoms. The Bertz CT molecular complexity index is 605. The summed E-state index contributed by atoms with van der Waals surface area (Å²) in [6, 6.07) is 3.63. The van der Waals surface area contributed by atoms with Crippen molar-refractivity contribution in [2.45, 2.75) is 18.4 Å². The zero-order chi connectivity index (χ0) is 18.0. The molecule has 0 aliphatic carbocycles. The van der Waals surface area contributed by atoms with Crippen molar-refractivity contribution < 1.29 is 9.59 Å². The van der Waals surface area contributed by atoms with Gasteiger partial charge in [-0.25, -0.2) is 0 Å². The molecule has 2 saturated heterocycles. The minimum atomic E-state index is -0.447. The molecule has 1 spiro atoms. The number of piperazine rings is 1. The zero-order valence-electron chi connectivity index (χ0n) is 15.5.